The van der Waals surface area contributed by atoms with E-state index >= 15 is 0 Å². The SMILES string of the molecule is O=C(C1CC1)N1CCC(c2n[nH]c(=O)n2-c2ccc(-c3cccc(CO)c3)cc2)C1. The predicted molar refractivity (Wildman–Crippen MR) is 112 cm³/mol. The molecular weight excluding hydrogens is 380 g/mol. The second-order valence-corrected chi connectivity index (χ2v) is 8.17. The van der Waals surface area contributed by atoms with Crippen molar-refractivity contribution < 1.29 is 9.90 Å². The van der Waals surface area contributed by atoms with Gasteiger partial charge < -0.3 is 10.0 Å². The van der Waals surface area contributed by atoms with Crippen LogP contribution in [-0.2, 0) is 11.4 Å². The quantitative estimate of drug-likeness (QED) is 0.683. The molecule has 7 heteroatoms. The van der Waals surface area contributed by atoms with Gasteiger partial charge in [-0.25, -0.2) is 14.5 Å². The lowest BCUT2D eigenvalue weighted by molar-refractivity contribution is -0.131. The summed E-state index contributed by atoms with van der Waals surface area (Å²) < 4.78 is 1.61. The van der Waals surface area contributed by atoms with Gasteiger partial charge in [0.25, 0.3) is 0 Å². The number of aliphatic hydroxyl groups excluding tert-OH is 1. The number of benzene rings is 2. The van der Waals surface area contributed by atoms with Crippen LogP contribution in [0.15, 0.2) is 53.3 Å². The molecule has 0 bridgehead atoms. The average molecular weight is 404 g/mol. The Morgan fingerprint density at radius 1 is 1.10 bits per heavy atom. The highest BCUT2D eigenvalue weighted by molar-refractivity contribution is 5.81. The molecule has 5 rings (SSSR count). The molecule has 1 amide bonds. The summed E-state index contributed by atoms with van der Waals surface area (Å²) in [7, 11) is 0. The van der Waals surface area contributed by atoms with Crippen molar-refractivity contribution >= 4 is 5.91 Å². The largest absolute Gasteiger partial charge is 0.392 e. The highest BCUT2D eigenvalue weighted by atomic mass is 16.3. The van der Waals surface area contributed by atoms with Crippen molar-refractivity contribution in [2.45, 2.75) is 31.8 Å². The van der Waals surface area contributed by atoms with Gasteiger partial charge in [-0.2, -0.15) is 5.10 Å². The molecule has 0 radical (unpaired) electrons. The van der Waals surface area contributed by atoms with Crippen LogP contribution in [0, 0.1) is 5.92 Å². The Bertz CT molecular complexity index is 1130. The summed E-state index contributed by atoms with van der Waals surface area (Å²) in [6, 6.07) is 15.5. The number of carbonyl (C=O) groups is 1. The number of nitrogens with zero attached hydrogens (tertiary/aromatic N) is 3. The Balaban J connectivity index is 1.40. The topological polar surface area (TPSA) is 91.2 Å². The summed E-state index contributed by atoms with van der Waals surface area (Å²) >= 11 is 0. The standard InChI is InChI=1S/C23H24N4O3/c28-14-15-2-1-3-18(12-15)16-6-8-20(9-7-16)27-21(24-25-23(27)30)19-10-11-26(13-19)22(29)17-4-5-17/h1-3,6-9,12,17,19,28H,4-5,10-11,13-14H2,(H,25,30). The molecule has 2 aromatic carbocycles. The van der Waals surface area contributed by atoms with E-state index in [-0.39, 0.29) is 30.0 Å². The summed E-state index contributed by atoms with van der Waals surface area (Å²) in [5.41, 5.74) is 3.35. The molecule has 1 aliphatic carbocycles. The Morgan fingerprint density at radius 2 is 1.90 bits per heavy atom. The maximum atomic E-state index is 12.5. The van der Waals surface area contributed by atoms with E-state index in [1.54, 1.807) is 4.57 Å². The van der Waals surface area contributed by atoms with Gasteiger partial charge in [-0.3, -0.25) is 4.79 Å². The van der Waals surface area contributed by atoms with Crippen molar-refractivity contribution in [2.75, 3.05) is 13.1 Å². The second kappa shape index (κ2) is 7.57. The first-order valence-corrected chi connectivity index (χ1v) is 10.4. The van der Waals surface area contributed by atoms with Gasteiger partial charge >= 0.3 is 5.69 Å². The monoisotopic (exact) mass is 404 g/mol. The fraction of sp³-hybridized carbons (Fsp3) is 0.348. The molecule has 7 nitrogen and oxygen atoms in total. The molecule has 2 aliphatic rings. The van der Waals surface area contributed by atoms with Crippen LogP contribution in [0.25, 0.3) is 16.8 Å². The molecule has 1 unspecified atom stereocenters. The highest BCUT2D eigenvalue weighted by Gasteiger charge is 2.38. The van der Waals surface area contributed by atoms with E-state index in [9.17, 15) is 14.7 Å². The van der Waals surface area contributed by atoms with Crippen molar-refractivity contribution in [3.8, 4) is 16.8 Å². The minimum Gasteiger partial charge on any atom is -0.392 e. The lowest BCUT2D eigenvalue weighted by atomic mass is 10.0. The second-order valence-electron chi connectivity index (χ2n) is 8.17. The van der Waals surface area contributed by atoms with E-state index in [2.05, 4.69) is 10.2 Å². The zero-order chi connectivity index (χ0) is 20.7. The number of hydrogen-bond acceptors (Lipinski definition) is 4. The third-order valence-corrected chi connectivity index (χ3v) is 6.06. The number of amides is 1. The lowest BCUT2D eigenvalue weighted by Gasteiger charge is -2.16. The molecule has 30 heavy (non-hydrogen) atoms. The Hall–Kier alpha value is -3.19. The zero-order valence-electron chi connectivity index (χ0n) is 16.6. The number of H-pyrrole nitrogens is 1. The summed E-state index contributed by atoms with van der Waals surface area (Å²) in [6.45, 7) is 1.34. The molecule has 2 fully saturated rings. The zero-order valence-corrected chi connectivity index (χ0v) is 16.6. The number of aliphatic hydroxyl groups is 1. The Kier molecular flexibility index (Phi) is 4.75. The predicted octanol–water partition coefficient (Wildman–Crippen LogP) is 2.45. The van der Waals surface area contributed by atoms with Crippen LogP contribution in [0.2, 0.25) is 0 Å². The van der Waals surface area contributed by atoms with Gasteiger partial charge in [0.1, 0.15) is 5.82 Å². The van der Waals surface area contributed by atoms with E-state index < -0.39 is 0 Å². The first-order valence-electron chi connectivity index (χ1n) is 10.4. The molecule has 2 N–H and O–H groups in total. The highest BCUT2D eigenvalue weighted by Crippen LogP contribution is 2.35. The van der Waals surface area contributed by atoms with E-state index in [1.807, 2.05) is 53.4 Å². The van der Waals surface area contributed by atoms with Crippen molar-refractivity contribution in [3.63, 3.8) is 0 Å². The van der Waals surface area contributed by atoms with Crippen molar-refractivity contribution in [2.24, 2.45) is 5.92 Å². The number of carbonyl (C=O) groups excluding carboxylic acids is 1. The van der Waals surface area contributed by atoms with Gasteiger partial charge in [0, 0.05) is 24.9 Å². The first kappa shape index (κ1) is 18.8. The van der Waals surface area contributed by atoms with Crippen LogP contribution in [0.1, 0.15) is 36.6 Å². The van der Waals surface area contributed by atoms with Crippen LogP contribution in [-0.4, -0.2) is 43.8 Å². The molecule has 0 spiro atoms. The summed E-state index contributed by atoms with van der Waals surface area (Å²) in [4.78, 5) is 26.8. The number of aromatic amines is 1. The van der Waals surface area contributed by atoms with Gasteiger partial charge in [-0.15, -0.1) is 0 Å². The normalized spacial score (nSPS) is 18.7. The maximum absolute atomic E-state index is 12.5. The number of rotatable bonds is 5. The number of aromatic nitrogens is 3. The van der Waals surface area contributed by atoms with Crippen molar-refractivity contribution in [1.29, 1.82) is 0 Å². The Morgan fingerprint density at radius 3 is 2.63 bits per heavy atom. The summed E-state index contributed by atoms with van der Waals surface area (Å²) in [5.74, 6) is 1.19. The summed E-state index contributed by atoms with van der Waals surface area (Å²) in [5, 5.41) is 16.2. The van der Waals surface area contributed by atoms with E-state index in [0.717, 1.165) is 48.2 Å². The molecule has 3 aromatic rings. The molecule has 2 heterocycles. The van der Waals surface area contributed by atoms with Crippen LogP contribution < -0.4 is 5.69 Å². The average Bonchev–Trinajstić information content (AvgIpc) is 3.40. The van der Waals surface area contributed by atoms with Gasteiger partial charge in [0.15, 0.2) is 0 Å². The third kappa shape index (κ3) is 3.45. The van der Waals surface area contributed by atoms with Crippen molar-refractivity contribution in [3.05, 3.63) is 70.4 Å². The number of hydrogen-bond donors (Lipinski definition) is 2. The van der Waals surface area contributed by atoms with Crippen LogP contribution in [0.4, 0.5) is 0 Å². The number of nitrogens with one attached hydrogen (secondary N) is 1. The van der Waals surface area contributed by atoms with Crippen molar-refractivity contribution in [1.82, 2.24) is 19.7 Å². The minimum atomic E-state index is -0.271. The van der Waals surface area contributed by atoms with E-state index in [0.29, 0.717) is 12.4 Å². The van der Waals surface area contributed by atoms with Crippen LogP contribution in [0.3, 0.4) is 0 Å². The fourth-order valence-corrected chi connectivity index (χ4v) is 4.24. The summed E-state index contributed by atoms with van der Waals surface area (Å²) in [6.07, 6.45) is 2.82. The molecule has 1 aromatic heterocycles. The van der Waals surface area contributed by atoms with E-state index in [1.165, 1.54) is 0 Å². The van der Waals surface area contributed by atoms with Gasteiger partial charge in [-0.1, -0.05) is 30.3 Å². The molecule has 154 valence electrons. The molecule has 1 saturated carbocycles. The smallest absolute Gasteiger partial charge is 0.347 e. The minimum absolute atomic E-state index is 0.00134. The van der Waals surface area contributed by atoms with Crippen LogP contribution >= 0.6 is 0 Å². The molecular formula is C23H24N4O3. The van der Waals surface area contributed by atoms with Crippen LogP contribution in [0.5, 0.6) is 0 Å². The first-order chi connectivity index (χ1) is 14.6. The number of likely N-dealkylation sites (tertiary alicyclic amines) is 1. The lowest BCUT2D eigenvalue weighted by Crippen LogP contribution is -2.30. The van der Waals surface area contributed by atoms with E-state index in [4.69, 9.17) is 0 Å². The fourth-order valence-electron chi connectivity index (χ4n) is 4.24. The van der Waals surface area contributed by atoms with Gasteiger partial charge in [0.2, 0.25) is 5.91 Å². The maximum Gasteiger partial charge on any atom is 0.347 e. The molecule has 1 aliphatic heterocycles. The molecule has 1 atom stereocenters. The van der Waals surface area contributed by atoms with Gasteiger partial charge in [-0.05, 0) is 54.2 Å². The Labute approximate surface area is 174 Å². The van der Waals surface area contributed by atoms with Gasteiger partial charge in [0.05, 0.1) is 12.3 Å². The molecule has 1 saturated heterocycles. The third-order valence-electron chi connectivity index (χ3n) is 6.06.